The van der Waals surface area contributed by atoms with E-state index in [4.69, 9.17) is 0 Å². The van der Waals surface area contributed by atoms with Crippen LogP contribution in [0.4, 0.5) is 4.79 Å². The van der Waals surface area contributed by atoms with E-state index in [1.54, 1.807) is 0 Å². The highest BCUT2D eigenvalue weighted by Gasteiger charge is 2.57. The Balaban J connectivity index is 1.80. The second-order valence-electron chi connectivity index (χ2n) is 5.87. The highest BCUT2D eigenvalue weighted by molar-refractivity contribution is 6.07. The topological polar surface area (TPSA) is 49.4 Å². The smallest absolute Gasteiger partial charge is 0.323 e. The first kappa shape index (κ1) is 11.1. The molecule has 1 heterocycles. The molecule has 2 aliphatic carbocycles. The van der Waals surface area contributed by atoms with Gasteiger partial charge in [-0.3, -0.25) is 9.69 Å². The van der Waals surface area contributed by atoms with Crippen molar-refractivity contribution >= 4 is 11.9 Å². The van der Waals surface area contributed by atoms with Gasteiger partial charge in [0, 0.05) is 6.04 Å². The highest BCUT2D eigenvalue weighted by Crippen LogP contribution is 2.43. The summed E-state index contributed by atoms with van der Waals surface area (Å²) >= 11 is 0. The maximum atomic E-state index is 12.5. The van der Waals surface area contributed by atoms with Crippen LogP contribution in [0.2, 0.25) is 0 Å². The summed E-state index contributed by atoms with van der Waals surface area (Å²) in [5, 5.41) is 2.93. The van der Waals surface area contributed by atoms with Crippen molar-refractivity contribution in [2.75, 3.05) is 0 Å². The van der Waals surface area contributed by atoms with E-state index in [-0.39, 0.29) is 18.0 Å². The zero-order valence-electron chi connectivity index (χ0n) is 10.4. The molecule has 0 aromatic carbocycles. The largest absolute Gasteiger partial charge is 0.325 e. The Morgan fingerprint density at radius 3 is 2.35 bits per heavy atom. The van der Waals surface area contributed by atoms with Gasteiger partial charge in [-0.15, -0.1) is 0 Å². The molecule has 4 nitrogen and oxygen atoms in total. The van der Waals surface area contributed by atoms with Crippen molar-refractivity contribution < 1.29 is 9.59 Å². The average Bonchev–Trinajstić information content (AvgIpc) is 3.11. The predicted octanol–water partition coefficient (Wildman–Crippen LogP) is 2.04. The number of imide groups is 1. The Labute approximate surface area is 102 Å². The predicted molar refractivity (Wildman–Crippen MR) is 63.4 cm³/mol. The average molecular weight is 236 g/mol. The van der Waals surface area contributed by atoms with Crippen LogP contribution in [-0.2, 0) is 4.79 Å². The van der Waals surface area contributed by atoms with E-state index in [0.29, 0.717) is 5.92 Å². The number of carbonyl (C=O) groups is 2. The van der Waals surface area contributed by atoms with Crippen LogP contribution in [0.3, 0.4) is 0 Å². The van der Waals surface area contributed by atoms with Gasteiger partial charge in [-0.05, 0) is 38.5 Å². The normalized spacial score (nSPS) is 35.2. The van der Waals surface area contributed by atoms with Crippen LogP contribution in [-0.4, -0.2) is 28.4 Å². The molecule has 4 heteroatoms. The quantitative estimate of drug-likeness (QED) is 0.746. The third kappa shape index (κ3) is 1.65. The maximum absolute atomic E-state index is 12.5. The van der Waals surface area contributed by atoms with E-state index in [2.05, 4.69) is 5.32 Å². The summed E-state index contributed by atoms with van der Waals surface area (Å²) in [6.07, 6.45) is 7.63. The number of amides is 3. The van der Waals surface area contributed by atoms with Gasteiger partial charge < -0.3 is 5.32 Å². The summed E-state index contributed by atoms with van der Waals surface area (Å²) in [5.74, 6) is 0.393. The summed E-state index contributed by atoms with van der Waals surface area (Å²) in [6, 6.07) is -0.00637. The zero-order chi connectivity index (χ0) is 12.0. The van der Waals surface area contributed by atoms with Crippen LogP contribution < -0.4 is 5.32 Å². The fourth-order valence-corrected chi connectivity index (χ4v) is 3.29. The van der Waals surface area contributed by atoms with Crippen LogP contribution in [0.15, 0.2) is 0 Å². The van der Waals surface area contributed by atoms with Gasteiger partial charge in [-0.2, -0.15) is 0 Å². The molecule has 3 amide bonds. The molecule has 3 rings (SSSR count). The molecule has 3 aliphatic rings. The molecule has 1 N–H and O–H groups in total. The number of urea groups is 1. The lowest BCUT2D eigenvalue weighted by Crippen LogP contribution is -2.47. The minimum absolute atomic E-state index is 0.0249. The number of carbonyl (C=O) groups excluding carboxylic acids is 2. The molecule has 2 saturated carbocycles. The van der Waals surface area contributed by atoms with E-state index in [0.717, 1.165) is 38.5 Å². The van der Waals surface area contributed by atoms with Crippen molar-refractivity contribution in [2.24, 2.45) is 5.92 Å². The van der Waals surface area contributed by atoms with Crippen molar-refractivity contribution in [1.82, 2.24) is 10.2 Å². The molecule has 94 valence electrons. The summed E-state index contributed by atoms with van der Waals surface area (Å²) in [6.45, 7) is 1.90. The van der Waals surface area contributed by atoms with E-state index in [1.165, 1.54) is 11.3 Å². The molecule has 3 fully saturated rings. The Morgan fingerprint density at radius 1 is 1.12 bits per heavy atom. The SMILES string of the molecule is CC1(C2CC2)NC(=O)N(C2CCCCC2)C1=O. The van der Waals surface area contributed by atoms with Gasteiger partial charge in [0.25, 0.3) is 5.91 Å². The second-order valence-corrected chi connectivity index (χ2v) is 5.87. The van der Waals surface area contributed by atoms with Gasteiger partial charge in [0.15, 0.2) is 0 Å². The van der Waals surface area contributed by atoms with Gasteiger partial charge in [0.2, 0.25) is 0 Å². The van der Waals surface area contributed by atoms with Crippen molar-refractivity contribution in [2.45, 2.75) is 63.5 Å². The molecule has 1 atom stereocenters. The van der Waals surface area contributed by atoms with Gasteiger partial charge in [0.05, 0.1) is 0 Å². The Morgan fingerprint density at radius 2 is 1.76 bits per heavy atom. The van der Waals surface area contributed by atoms with Crippen LogP contribution in [0, 0.1) is 5.92 Å². The molecule has 17 heavy (non-hydrogen) atoms. The van der Waals surface area contributed by atoms with Gasteiger partial charge in [0.1, 0.15) is 5.54 Å². The lowest BCUT2D eigenvalue weighted by Gasteiger charge is -2.29. The minimum Gasteiger partial charge on any atom is -0.323 e. The van der Waals surface area contributed by atoms with Crippen LogP contribution in [0.5, 0.6) is 0 Å². The molecule has 1 aliphatic heterocycles. The van der Waals surface area contributed by atoms with Gasteiger partial charge >= 0.3 is 6.03 Å². The highest BCUT2D eigenvalue weighted by atomic mass is 16.2. The van der Waals surface area contributed by atoms with Gasteiger partial charge in [-0.25, -0.2) is 4.79 Å². The Kier molecular flexibility index (Phi) is 2.42. The lowest BCUT2D eigenvalue weighted by atomic mass is 9.92. The molecular formula is C13H20N2O2. The molecular weight excluding hydrogens is 216 g/mol. The summed E-state index contributed by atoms with van der Waals surface area (Å²) in [7, 11) is 0. The fourth-order valence-electron chi connectivity index (χ4n) is 3.29. The van der Waals surface area contributed by atoms with Crippen LogP contribution in [0.25, 0.3) is 0 Å². The lowest BCUT2D eigenvalue weighted by molar-refractivity contribution is -0.133. The van der Waals surface area contributed by atoms with Crippen molar-refractivity contribution in [1.29, 1.82) is 0 Å². The number of nitrogens with one attached hydrogen (secondary N) is 1. The molecule has 0 bridgehead atoms. The zero-order valence-corrected chi connectivity index (χ0v) is 10.4. The summed E-state index contributed by atoms with van der Waals surface area (Å²) in [4.78, 5) is 26.0. The van der Waals surface area contributed by atoms with E-state index >= 15 is 0 Å². The minimum atomic E-state index is -0.603. The molecule has 0 spiro atoms. The first-order valence-electron chi connectivity index (χ1n) is 6.79. The van der Waals surface area contributed by atoms with Crippen molar-refractivity contribution in [3.63, 3.8) is 0 Å². The molecule has 1 saturated heterocycles. The number of nitrogens with zero attached hydrogens (tertiary/aromatic N) is 1. The van der Waals surface area contributed by atoms with Gasteiger partial charge in [-0.1, -0.05) is 19.3 Å². The van der Waals surface area contributed by atoms with Crippen molar-refractivity contribution in [3.8, 4) is 0 Å². The second kappa shape index (κ2) is 3.72. The molecule has 0 radical (unpaired) electrons. The first-order chi connectivity index (χ1) is 8.13. The summed E-state index contributed by atoms with van der Waals surface area (Å²) < 4.78 is 0. The van der Waals surface area contributed by atoms with Crippen molar-refractivity contribution in [3.05, 3.63) is 0 Å². The standard InChI is InChI=1S/C13H20N2O2/c1-13(9-7-8-9)11(16)15(12(17)14-13)10-5-3-2-4-6-10/h9-10H,2-8H2,1H3,(H,14,17). The van der Waals surface area contributed by atoms with Crippen LogP contribution in [0.1, 0.15) is 51.9 Å². The number of hydrogen-bond donors (Lipinski definition) is 1. The van der Waals surface area contributed by atoms with E-state index in [9.17, 15) is 9.59 Å². The monoisotopic (exact) mass is 236 g/mol. The first-order valence-corrected chi connectivity index (χ1v) is 6.79. The van der Waals surface area contributed by atoms with Crippen LogP contribution >= 0.6 is 0 Å². The summed E-state index contributed by atoms with van der Waals surface area (Å²) in [5.41, 5.74) is -0.603. The fraction of sp³-hybridized carbons (Fsp3) is 0.846. The van der Waals surface area contributed by atoms with E-state index in [1.807, 2.05) is 6.92 Å². The maximum Gasteiger partial charge on any atom is 0.325 e. The molecule has 0 aromatic heterocycles. The molecule has 1 unspecified atom stereocenters. The molecule has 0 aromatic rings. The Bertz CT molecular complexity index is 358. The number of rotatable bonds is 2. The number of hydrogen-bond acceptors (Lipinski definition) is 2. The van der Waals surface area contributed by atoms with E-state index < -0.39 is 5.54 Å². The third-order valence-corrected chi connectivity index (χ3v) is 4.58. The Hall–Kier alpha value is -1.06. The third-order valence-electron chi connectivity index (χ3n) is 4.58.